The predicted octanol–water partition coefficient (Wildman–Crippen LogP) is 3.15. The van der Waals surface area contributed by atoms with Gasteiger partial charge in [-0.3, -0.25) is 9.59 Å². The van der Waals surface area contributed by atoms with E-state index < -0.39 is 5.91 Å². The molecule has 0 atom stereocenters. The fourth-order valence-corrected chi connectivity index (χ4v) is 1.99. The molecule has 2 rings (SSSR count). The molecular formula is C16H12BrNO3. The maximum Gasteiger partial charge on any atom is 0.252 e. The third kappa shape index (κ3) is 3.79. The molecule has 3 N–H and O–H groups in total. The number of hydrogen-bond donors (Lipinski definition) is 2. The maximum absolute atomic E-state index is 12.0. The number of primary amides is 1. The van der Waals surface area contributed by atoms with Crippen LogP contribution >= 0.6 is 15.9 Å². The SMILES string of the molecule is NC(=O)c1cc(C(=O)C=Cc2ccc(Br)cc2)ccc1O. The highest BCUT2D eigenvalue weighted by Gasteiger charge is 2.11. The molecule has 4 nitrogen and oxygen atoms in total. The molecule has 0 fully saturated rings. The Labute approximate surface area is 130 Å². The number of phenols is 1. The second-order valence-electron chi connectivity index (χ2n) is 4.35. The third-order valence-corrected chi connectivity index (χ3v) is 3.37. The standard InChI is InChI=1S/C16H12BrNO3/c17-12-5-1-10(2-6-12)3-7-14(19)11-4-8-15(20)13(9-11)16(18)21/h1-9,20H,(H2,18,21). The molecule has 1 amide bonds. The Morgan fingerprint density at radius 3 is 2.38 bits per heavy atom. The number of halogens is 1. The number of ketones is 1. The van der Waals surface area contributed by atoms with Gasteiger partial charge < -0.3 is 10.8 Å². The minimum atomic E-state index is -0.779. The van der Waals surface area contributed by atoms with Crippen molar-refractivity contribution in [2.75, 3.05) is 0 Å². The number of carbonyl (C=O) groups is 2. The summed E-state index contributed by atoms with van der Waals surface area (Å²) in [6.45, 7) is 0. The first-order valence-corrected chi connectivity index (χ1v) is 6.87. The van der Waals surface area contributed by atoms with E-state index in [0.717, 1.165) is 10.0 Å². The molecule has 0 bridgehead atoms. The average Bonchev–Trinajstić information content (AvgIpc) is 2.46. The molecule has 0 aliphatic rings. The van der Waals surface area contributed by atoms with Gasteiger partial charge in [-0.1, -0.05) is 34.1 Å². The molecule has 2 aromatic carbocycles. The van der Waals surface area contributed by atoms with Gasteiger partial charge in [0.2, 0.25) is 0 Å². The van der Waals surface area contributed by atoms with Crippen LogP contribution in [0.25, 0.3) is 6.08 Å². The van der Waals surface area contributed by atoms with Crippen molar-refractivity contribution in [3.8, 4) is 5.75 Å². The van der Waals surface area contributed by atoms with Crippen molar-refractivity contribution in [3.05, 3.63) is 69.7 Å². The molecular weight excluding hydrogens is 334 g/mol. The lowest BCUT2D eigenvalue weighted by Crippen LogP contribution is -2.12. The Kier molecular flexibility index (Phi) is 4.55. The number of rotatable bonds is 4. The highest BCUT2D eigenvalue weighted by Crippen LogP contribution is 2.19. The van der Waals surface area contributed by atoms with Gasteiger partial charge in [0.05, 0.1) is 5.56 Å². The van der Waals surface area contributed by atoms with E-state index in [1.165, 1.54) is 24.3 Å². The summed E-state index contributed by atoms with van der Waals surface area (Å²) in [5, 5.41) is 9.49. The minimum Gasteiger partial charge on any atom is -0.507 e. The van der Waals surface area contributed by atoms with Crippen molar-refractivity contribution in [2.24, 2.45) is 5.73 Å². The van der Waals surface area contributed by atoms with E-state index >= 15 is 0 Å². The van der Waals surface area contributed by atoms with Crippen LogP contribution in [0, 0.1) is 0 Å². The van der Waals surface area contributed by atoms with Crippen LogP contribution in [0.3, 0.4) is 0 Å². The summed E-state index contributed by atoms with van der Waals surface area (Å²) in [7, 11) is 0. The van der Waals surface area contributed by atoms with Gasteiger partial charge in [0.15, 0.2) is 5.78 Å². The highest BCUT2D eigenvalue weighted by molar-refractivity contribution is 9.10. The fraction of sp³-hybridized carbons (Fsp3) is 0. The Morgan fingerprint density at radius 2 is 1.76 bits per heavy atom. The van der Waals surface area contributed by atoms with Gasteiger partial charge >= 0.3 is 0 Å². The Bertz CT molecular complexity index is 721. The maximum atomic E-state index is 12.0. The van der Waals surface area contributed by atoms with Crippen molar-refractivity contribution in [1.29, 1.82) is 0 Å². The fourth-order valence-electron chi connectivity index (χ4n) is 1.73. The van der Waals surface area contributed by atoms with Crippen molar-refractivity contribution < 1.29 is 14.7 Å². The van der Waals surface area contributed by atoms with E-state index in [1.807, 2.05) is 24.3 Å². The first-order chi connectivity index (χ1) is 9.97. The predicted molar refractivity (Wildman–Crippen MR) is 84.1 cm³/mol. The first-order valence-electron chi connectivity index (χ1n) is 6.08. The summed E-state index contributed by atoms with van der Waals surface area (Å²) in [5.74, 6) is -1.30. The van der Waals surface area contributed by atoms with E-state index in [1.54, 1.807) is 6.08 Å². The molecule has 0 heterocycles. The first kappa shape index (κ1) is 15.0. The lowest BCUT2D eigenvalue weighted by molar-refractivity contribution is 0.0997. The van der Waals surface area contributed by atoms with Gasteiger partial charge in [0.25, 0.3) is 5.91 Å². The van der Waals surface area contributed by atoms with Crippen molar-refractivity contribution in [3.63, 3.8) is 0 Å². The third-order valence-electron chi connectivity index (χ3n) is 2.84. The molecule has 21 heavy (non-hydrogen) atoms. The summed E-state index contributed by atoms with van der Waals surface area (Å²) in [6, 6.07) is 11.5. The Balaban J connectivity index is 2.22. The molecule has 0 spiro atoms. The summed E-state index contributed by atoms with van der Waals surface area (Å²) < 4.78 is 0.954. The van der Waals surface area contributed by atoms with Gasteiger partial charge in [-0.2, -0.15) is 0 Å². The summed E-state index contributed by atoms with van der Waals surface area (Å²) in [5.41, 5.74) is 6.22. The smallest absolute Gasteiger partial charge is 0.252 e. The van der Waals surface area contributed by atoms with E-state index in [0.29, 0.717) is 0 Å². The van der Waals surface area contributed by atoms with E-state index in [4.69, 9.17) is 5.73 Å². The van der Waals surface area contributed by atoms with E-state index in [9.17, 15) is 14.7 Å². The van der Waals surface area contributed by atoms with E-state index in [2.05, 4.69) is 15.9 Å². The number of nitrogens with two attached hydrogens (primary N) is 1. The minimum absolute atomic E-state index is 0.0714. The zero-order valence-corrected chi connectivity index (χ0v) is 12.5. The van der Waals surface area contributed by atoms with Gasteiger partial charge in [0, 0.05) is 10.0 Å². The van der Waals surface area contributed by atoms with Crippen LogP contribution in [-0.2, 0) is 0 Å². The summed E-state index contributed by atoms with van der Waals surface area (Å²) in [6.07, 6.45) is 3.08. The molecule has 106 valence electrons. The zero-order valence-electron chi connectivity index (χ0n) is 10.9. The molecule has 0 saturated heterocycles. The lowest BCUT2D eigenvalue weighted by Gasteiger charge is -2.02. The molecule has 0 radical (unpaired) electrons. The van der Waals surface area contributed by atoms with Crippen molar-refractivity contribution in [1.82, 2.24) is 0 Å². The number of hydrogen-bond acceptors (Lipinski definition) is 3. The summed E-state index contributed by atoms with van der Waals surface area (Å²) in [4.78, 5) is 23.2. The molecule has 5 heteroatoms. The lowest BCUT2D eigenvalue weighted by atomic mass is 10.0. The molecule has 0 aliphatic heterocycles. The van der Waals surface area contributed by atoms with Crippen molar-refractivity contribution in [2.45, 2.75) is 0 Å². The van der Waals surface area contributed by atoms with Crippen LogP contribution < -0.4 is 5.73 Å². The number of allylic oxidation sites excluding steroid dienone is 1. The average molecular weight is 346 g/mol. The number of benzene rings is 2. The van der Waals surface area contributed by atoms with Gasteiger partial charge in [-0.15, -0.1) is 0 Å². The Hall–Kier alpha value is -2.40. The normalized spacial score (nSPS) is 10.7. The quantitative estimate of drug-likeness (QED) is 0.659. The van der Waals surface area contributed by atoms with Gasteiger partial charge in [0.1, 0.15) is 5.75 Å². The van der Waals surface area contributed by atoms with Gasteiger partial charge in [-0.25, -0.2) is 0 Å². The highest BCUT2D eigenvalue weighted by atomic mass is 79.9. The molecule has 0 aromatic heterocycles. The second kappa shape index (κ2) is 6.37. The molecule has 0 unspecified atom stereocenters. The van der Waals surface area contributed by atoms with Crippen LogP contribution in [0.15, 0.2) is 53.0 Å². The van der Waals surface area contributed by atoms with Crippen LogP contribution in [0.4, 0.5) is 0 Å². The molecule has 0 saturated carbocycles. The molecule has 2 aromatic rings. The van der Waals surface area contributed by atoms with Gasteiger partial charge in [-0.05, 0) is 42.0 Å². The second-order valence-corrected chi connectivity index (χ2v) is 5.26. The topological polar surface area (TPSA) is 80.4 Å². The monoisotopic (exact) mass is 345 g/mol. The number of amides is 1. The zero-order chi connectivity index (χ0) is 15.4. The van der Waals surface area contributed by atoms with Crippen LogP contribution in [0.1, 0.15) is 26.3 Å². The Morgan fingerprint density at radius 1 is 1.10 bits per heavy atom. The number of aromatic hydroxyl groups is 1. The van der Waals surface area contributed by atoms with Crippen LogP contribution in [0.2, 0.25) is 0 Å². The summed E-state index contributed by atoms with van der Waals surface area (Å²) >= 11 is 3.33. The number of carbonyl (C=O) groups excluding carboxylic acids is 2. The largest absolute Gasteiger partial charge is 0.507 e. The van der Waals surface area contributed by atoms with E-state index in [-0.39, 0.29) is 22.7 Å². The van der Waals surface area contributed by atoms with Crippen molar-refractivity contribution >= 4 is 33.7 Å². The van der Waals surface area contributed by atoms with Crippen LogP contribution in [-0.4, -0.2) is 16.8 Å². The molecule has 0 aliphatic carbocycles. The van der Waals surface area contributed by atoms with Crippen LogP contribution in [0.5, 0.6) is 5.75 Å².